The highest BCUT2D eigenvalue weighted by Gasteiger charge is 2.05. The van der Waals surface area contributed by atoms with Crippen LogP contribution in [0.5, 0.6) is 0 Å². The summed E-state index contributed by atoms with van der Waals surface area (Å²) in [5.74, 6) is 1.07. The van der Waals surface area contributed by atoms with Crippen LogP contribution in [-0.4, -0.2) is 25.1 Å². The van der Waals surface area contributed by atoms with Crippen molar-refractivity contribution in [3.63, 3.8) is 0 Å². The number of unbranched alkanes of at least 4 members (excludes halogenated alkanes) is 2. The lowest BCUT2D eigenvalue weighted by atomic mass is 10.3. The van der Waals surface area contributed by atoms with Crippen molar-refractivity contribution >= 4 is 11.9 Å². The van der Waals surface area contributed by atoms with Gasteiger partial charge in [0.15, 0.2) is 0 Å². The number of hydrogen-bond donors (Lipinski definition) is 0. The van der Waals surface area contributed by atoms with Crippen molar-refractivity contribution in [3.05, 3.63) is 18.5 Å². The van der Waals surface area contributed by atoms with E-state index in [0.29, 0.717) is 0 Å². The van der Waals surface area contributed by atoms with Gasteiger partial charge in [0.2, 0.25) is 0 Å². The molecular formula is C10H14N4S. The number of hydrogen-bond acceptors (Lipinski definition) is 4. The van der Waals surface area contributed by atoms with Gasteiger partial charge in [0, 0.05) is 11.9 Å². The third kappa shape index (κ3) is 2.68. The molecule has 5 heteroatoms. The smallest absolute Gasteiger partial charge is 0.115 e. The lowest BCUT2D eigenvalue weighted by Crippen LogP contribution is -2.03. The van der Waals surface area contributed by atoms with Crippen molar-refractivity contribution in [2.45, 2.75) is 26.2 Å². The second kappa shape index (κ2) is 5.11. The van der Waals surface area contributed by atoms with Gasteiger partial charge in [-0.1, -0.05) is 19.8 Å². The molecule has 4 nitrogen and oxygen atoms in total. The highest BCUT2D eigenvalue weighted by molar-refractivity contribution is 7.97. The molecule has 0 saturated heterocycles. The van der Waals surface area contributed by atoms with Crippen LogP contribution in [0.15, 0.2) is 18.5 Å². The highest BCUT2D eigenvalue weighted by atomic mass is 32.2. The SMILES string of the molecule is CCCCCSn1ncc2nccc-2n1. The molecule has 0 bridgehead atoms. The molecule has 0 N–H and O–H groups in total. The topological polar surface area (TPSA) is 43.6 Å². The third-order valence-corrected chi connectivity index (χ3v) is 3.01. The quantitative estimate of drug-likeness (QED) is 0.729. The Balaban J connectivity index is 1.94. The van der Waals surface area contributed by atoms with Crippen LogP contribution in [0.1, 0.15) is 26.2 Å². The lowest BCUT2D eigenvalue weighted by molar-refractivity contribution is 0.763. The molecule has 0 unspecified atom stereocenters. The predicted molar refractivity (Wildman–Crippen MR) is 61.8 cm³/mol. The van der Waals surface area contributed by atoms with Gasteiger partial charge in [0.25, 0.3) is 0 Å². The molecule has 2 aliphatic rings. The van der Waals surface area contributed by atoms with E-state index in [9.17, 15) is 0 Å². The first-order valence-corrected chi connectivity index (χ1v) is 6.15. The van der Waals surface area contributed by atoms with Crippen LogP contribution < -0.4 is 0 Å². The maximum atomic E-state index is 4.34. The van der Waals surface area contributed by atoms with Crippen LogP contribution in [0, 0.1) is 0 Å². The molecule has 0 aliphatic carbocycles. The summed E-state index contributed by atoms with van der Waals surface area (Å²) in [6, 6.07) is 1.90. The zero-order valence-corrected chi connectivity index (χ0v) is 9.57. The van der Waals surface area contributed by atoms with Gasteiger partial charge in [-0.3, -0.25) is 4.98 Å². The second-order valence-electron chi connectivity index (χ2n) is 3.35. The van der Waals surface area contributed by atoms with E-state index in [0.717, 1.165) is 17.1 Å². The van der Waals surface area contributed by atoms with Gasteiger partial charge in [-0.2, -0.15) is 0 Å². The monoisotopic (exact) mass is 222 g/mol. The molecule has 0 aromatic heterocycles. The maximum absolute atomic E-state index is 4.34. The molecule has 2 aliphatic heterocycles. The Morgan fingerprint density at radius 2 is 2.27 bits per heavy atom. The Morgan fingerprint density at radius 1 is 1.33 bits per heavy atom. The molecule has 0 radical (unpaired) electrons. The largest absolute Gasteiger partial charge is 0.253 e. The first-order valence-electron chi connectivity index (χ1n) is 5.20. The van der Waals surface area contributed by atoms with Crippen molar-refractivity contribution in [1.29, 1.82) is 0 Å². The van der Waals surface area contributed by atoms with Crippen molar-refractivity contribution in [2.24, 2.45) is 0 Å². The number of nitrogens with zero attached hydrogens (tertiary/aromatic N) is 4. The zero-order valence-electron chi connectivity index (χ0n) is 8.76. The Kier molecular flexibility index (Phi) is 3.55. The highest BCUT2D eigenvalue weighted by Crippen LogP contribution is 2.16. The molecule has 0 atom stereocenters. The average Bonchev–Trinajstić information content (AvgIpc) is 2.71. The summed E-state index contributed by atoms with van der Waals surface area (Å²) in [7, 11) is 0. The Hall–Kier alpha value is -1.10. The van der Waals surface area contributed by atoms with Crippen molar-refractivity contribution in [2.75, 3.05) is 5.75 Å². The van der Waals surface area contributed by atoms with E-state index < -0.39 is 0 Å². The molecule has 0 aromatic carbocycles. The van der Waals surface area contributed by atoms with Gasteiger partial charge >= 0.3 is 0 Å². The van der Waals surface area contributed by atoms with Crippen LogP contribution in [0.2, 0.25) is 0 Å². The number of rotatable bonds is 5. The van der Waals surface area contributed by atoms with Crippen LogP contribution in [0.25, 0.3) is 11.4 Å². The van der Waals surface area contributed by atoms with Crippen LogP contribution >= 0.6 is 11.9 Å². The lowest BCUT2D eigenvalue weighted by Gasteiger charge is -2.03. The Bertz CT molecular complexity index is 387. The minimum absolute atomic E-state index is 0.861. The zero-order chi connectivity index (χ0) is 10.5. The van der Waals surface area contributed by atoms with Crippen LogP contribution in [-0.2, 0) is 0 Å². The van der Waals surface area contributed by atoms with E-state index in [1.54, 1.807) is 28.5 Å². The minimum Gasteiger partial charge on any atom is -0.253 e. The summed E-state index contributed by atoms with van der Waals surface area (Å²) in [4.78, 5) is 4.12. The number of fused-ring (bicyclic) bond motifs is 1. The van der Waals surface area contributed by atoms with Gasteiger partial charge in [-0.25, -0.2) is 0 Å². The molecule has 0 amide bonds. The van der Waals surface area contributed by atoms with E-state index in [1.807, 2.05) is 6.07 Å². The van der Waals surface area contributed by atoms with E-state index in [4.69, 9.17) is 0 Å². The fraction of sp³-hybridized carbons (Fsp3) is 0.500. The van der Waals surface area contributed by atoms with E-state index >= 15 is 0 Å². The van der Waals surface area contributed by atoms with Crippen LogP contribution in [0.4, 0.5) is 0 Å². The first kappa shape index (κ1) is 10.4. The normalized spacial score (nSPS) is 11.0. The molecule has 0 spiro atoms. The molecule has 0 aromatic rings. The van der Waals surface area contributed by atoms with Crippen molar-refractivity contribution < 1.29 is 0 Å². The molecular weight excluding hydrogens is 208 g/mol. The van der Waals surface area contributed by atoms with Gasteiger partial charge in [-0.15, -0.1) is 14.4 Å². The predicted octanol–water partition coefficient (Wildman–Crippen LogP) is 2.46. The summed E-state index contributed by atoms with van der Waals surface area (Å²) in [5, 5.41) is 8.52. The maximum Gasteiger partial charge on any atom is 0.115 e. The van der Waals surface area contributed by atoms with E-state index in [-0.39, 0.29) is 0 Å². The fourth-order valence-corrected chi connectivity index (χ4v) is 2.06. The molecule has 0 fully saturated rings. The summed E-state index contributed by atoms with van der Waals surface area (Å²) in [6.45, 7) is 2.20. The van der Waals surface area contributed by atoms with E-state index in [1.165, 1.54) is 19.3 Å². The van der Waals surface area contributed by atoms with Gasteiger partial charge in [0.1, 0.15) is 11.4 Å². The molecule has 2 rings (SSSR count). The molecule has 2 heterocycles. The third-order valence-electron chi connectivity index (χ3n) is 2.14. The summed E-state index contributed by atoms with van der Waals surface area (Å²) in [6.07, 6.45) is 7.25. The molecule has 80 valence electrons. The first-order chi connectivity index (χ1) is 7.40. The van der Waals surface area contributed by atoms with Crippen LogP contribution in [0.3, 0.4) is 0 Å². The van der Waals surface area contributed by atoms with E-state index in [2.05, 4.69) is 22.1 Å². The average molecular weight is 222 g/mol. The van der Waals surface area contributed by atoms with Gasteiger partial charge < -0.3 is 0 Å². The number of aromatic nitrogens is 4. The summed E-state index contributed by atoms with van der Waals surface area (Å²) < 4.78 is 1.68. The summed E-state index contributed by atoms with van der Waals surface area (Å²) >= 11 is 1.65. The molecule has 0 saturated carbocycles. The van der Waals surface area contributed by atoms with Crippen molar-refractivity contribution in [1.82, 2.24) is 19.4 Å². The van der Waals surface area contributed by atoms with Crippen molar-refractivity contribution in [3.8, 4) is 11.4 Å². The fourth-order valence-electron chi connectivity index (χ4n) is 1.31. The standard InChI is InChI=1S/C10H14N4S/c1-2-3-4-7-15-14-12-8-10-9(13-14)5-6-11-10/h5-6,8H,2-4,7H2,1H3. The second-order valence-corrected chi connectivity index (χ2v) is 4.35. The minimum atomic E-state index is 0.861. The van der Waals surface area contributed by atoms with Gasteiger partial charge in [0.05, 0.1) is 6.20 Å². The molecule has 15 heavy (non-hydrogen) atoms. The Labute approximate surface area is 93.6 Å². The van der Waals surface area contributed by atoms with Gasteiger partial charge in [-0.05, 0) is 24.4 Å². The Morgan fingerprint density at radius 3 is 3.13 bits per heavy atom. The summed E-state index contributed by atoms with van der Waals surface area (Å²) in [5.41, 5.74) is 1.77.